The largest absolute Gasteiger partial charge is 0.493 e. The van der Waals surface area contributed by atoms with Gasteiger partial charge in [-0.3, -0.25) is 4.79 Å². The van der Waals surface area contributed by atoms with Crippen LogP contribution < -0.4 is 14.8 Å². The molecule has 0 aliphatic rings. The van der Waals surface area contributed by atoms with Gasteiger partial charge in [-0.05, 0) is 35.4 Å². The summed E-state index contributed by atoms with van der Waals surface area (Å²) in [5.41, 5.74) is 1.98. The minimum Gasteiger partial charge on any atom is -0.493 e. The fourth-order valence-electron chi connectivity index (χ4n) is 2.23. The van der Waals surface area contributed by atoms with Crippen LogP contribution in [-0.4, -0.2) is 32.4 Å². The molecule has 0 unspecified atom stereocenters. The molecule has 0 radical (unpaired) electrons. The van der Waals surface area contributed by atoms with Gasteiger partial charge in [0.05, 0.1) is 14.2 Å². The van der Waals surface area contributed by atoms with E-state index in [9.17, 15) is 4.79 Å². The second-order valence-electron chi connectivity index (χ2n) is 5.38. The number of nitrogens with one attached hydrogen (secondary N) is 1. The SMILES string of the molecule is COc1ccc(/C=C/C(=O)NCCSCc2ccccc2Cl)cc1OC. The first-order valence-corrected chi connectivity index (χ1v) is 9.66. The fraction of sp³-hybridized carbons (Fsp3) is 0.250. The van der Waals surface area contributed by atoms with Crippen LogP contribution in [-0.2, 0) is 10.5 Å². The molecule has 0 spiro atoms. The first-order valence-electron chi connectivity index (χ1n) is 8.13. The zero-order valence-electron chi connectivity index (χ0n) is 14.8. The highest BCUT2D eigenvalue weighted by atomic mass is 35.5. The number of benzene rings is 2. The van der Waals surface area contributed by atoms with Crippen molar-refractivity contribution in [3.05, 3.63) is 64.7 Å². The number of ether oxygens (including phenoxy) is 2. The van der Waals surface area contributed by atoms with Crippen LogP contribution in [0.4, 0.5) is 0 Å². The maximum Gasteiger partial charge on any atom is 0.244 e. The fourth-order valence-corrected chi connectivity index (χ4v) is 3.38. The van der Waals surface area contributed by atoms with E-state index in [4.69, 9.17) is 21.1 Å². The van der Waals surface area contributed by atoms with Crippen LogP contribution in [0.1, 0.15) is 11.1 Å². The molecule has 138 valence electrons. The van der Waals surface area contributed by atoms with Crippen LogP contribution in [0.25, 0.3) is 6.08 Å². The quantitative estimate of drug-likeness (QED) is 0.507. The molecule has 0 fully saturated rings. The minimum atomic E-state index is -0.127. The molecule has 0 aliphatic heterocycles. The van der Waals surface area contributed by atoms with Crippen LogP contribution in [0.5, 0.6) is 11.5 Å². The predicted octanol–water partition coefficient (Wildman–Crippen LogP) is 4.42. The van der Waals surface area contributed by atoms with Gasteiger partial charge in [0.25, 0.3) is 0 Å². The van der Waals surface area contributed by atoms with E-state index in [-0.39, 0.29) is 5.91 Å². The molecule has 0 atom stereocenters. The lowest BCUT2D eigenvalue weighted by atomic mass is 10.2. The summed E-state index contributed by atoms with van der Waals surface area (Å²) in [7, 11) is 3.17. The third-order valence-electron chi connectivity index (χ3n) is 3.60. The van der Waals surface area contributed by atoms with Crippen molar-refractivity contribution in [3.63, 3.8) is 0 Å². The number of thioether (sulfide) groups is 1. The van der Waals surface area contributed by atoms with Gasteiger partial charge in [0, 0.05) is 29.1 Å². The van der Waals surface area contributed by atoms with Crippen molar-refractivity contribution in [1.82, 2.24) is 5.32 Å². The summed E-state index contributed by atoms with van der Waals surface area (Å²) in [6.07, 6.45) is 3.26. The van der Waals surface area contributed by atoms with Gasteiger partial charge in [-0.2, -0.15) is 11.8 Å². The molecule has 0 heterocycles. The van der Waals surface area contributed by atoms with E-state index >= 15 is 0 Å². The molecular formula is C20H22ClNO3S. The van der Waals surface area contributed by atoms with Crippen molar-refractivity contribution >= 4 is 35.3 Å². The second-order valence-corrected chi connectivity index (χ2v) is 6.90. The number of carbonyl (C=O) groups excluding carboxylic acids is 1. The highest BCUT2D eigenvalue weighted by molar-refractivity contribution is 7.98. The number of hydrogen-bond acceptors (Lipinski definition) is 4. The Kier molecular flexibility index (Phi) is 8.38. The zero-order chi connectivity index (χ0) is 18.8. The average molecular weight is 392 g/mol. The third kappa shape index (κ3) is 6.32. The van der Waals surface area contributed by atoms with E-state index in [1.807, 2.05) is 42.5 Å². The molecule has 0 saturated heterocycles. The Balaban J connectivity index is 1.73. The molecule has 1 N–H and O–H groups in total. The summed E-state index contributed by atoms with van der Waals surface area (Å²) >= 11 is 7.85. The summed E-state index contributed by atoms with van der Waals surface area (Å²) in [6.45, 7) is 0.601. The van der Waals surface area contributed by atoms with Gasteiger partial charge < -0.3 is 14.8 Å². The monoisotopic (exact) mass is 391 g/mol. The molecule has 0 bridgehead atoms. The second kappa shape index (κ2) is 10.8. The number of halogens is 1. The highest BCUT2D eigenvalue weighted by Crippen LogP contribution is 2.27. The van der Waals surface area contributed by atoms with Crippen LogP contribution in [0.2, 0.25) is 5.02 Å². The Morgan fingerprint density at radius 1 is 1.15 bits per heavy atom. The number of methoxy groups -OCH3 is 2. The molecule has 2 aromatic rings. The Morgan fingerprint density at radius 3 is 2.65 bits per heavy atom. The number of rotatable bonds is 9. The van der Waals surface area contributed by atoms with Crippen molar-refractivity contribution in [2.75, 3.05) is 26.5 Å². The van der Waals surface area contributed by atoms with E-state index in [1.165, 1.54) is 6.08 Å². The highest BCUT2D eigenvalue weighted by Gasteiger charge is 2.03. The number of amides is 1. The molecule has 6 heteroatoms. The van der Waals surface area contributed by atoms with E-state index in [0.717, 1.165) is 27.7 Å². The summed E-state index contributed by atoms with van der Waals surface area (Å²) in [5.74, 6) is 2.81. The molecule has 2 aromatic carbocycles. The summed E-state index contributed by atoms with van der Waals surface area (Å²) in [4.78, 5) is 11.9. The van der Waals surface area contributed by atoms with Gasteiger partial charge in [0.15, 0.2) is 11.5 Å². The van der Waals surface area contributed by atoms with Crippen LogP contribution in [0, 0.1) is 0 Å². The lowest BCUT2D eigenvalue weighted by Gasteiger charge is -2.07. The molecule has 1 amide bonds. The Bertz CT molecular complexity index is 764. The number of carbonyl (C=O) groups is 1. The van der Waals surface area contributed by atoms with Crippen LogP contribution in [0.3, 0.4) is 0 Å². The topological polar surface area (TPSA) is 47.6 Å². The maximum absolute atomic E-state index is 11.9. The lowest BCUT2D eigenvalue weighted by Crippen LogP contribution is -2.23. The molecule has 0 aliphatic carbocycles. The van der Waals surface area contributed by atoms with Crippen molar-refractivity contribution in [2.45, 2.75) is 5.75 Å². The van der Waals surface area contributed by atoms with Gasteiger partial charge in [0.1, 0.15) is 0 Å². The van der Waals surface area contributed by atoms with Crippen molar-refractivity contribution < 1.29 is 14.3 Å². The third-order valence-corrected chi connectivity index (χ3v) is 4.97. The predicted molar refractivity (Wildman–Crippen MR) is 109 cm³/mol. The van der Waals surface area contributed by atoms with Crippen molar-refractivity contribution in [2.24, 2.45) is 0 Å². The molecule has 4 nitrogen and oxygen atoms in total. The Morgan fingerprint density at radius 2 is 1.92 bits per heavy atom. The van der Waals surface area contributed by atoms with Crippen molar-refractivity contribution in [3.8, 4) is 11.5 Å². The smallest absolute Gasteiger partial charge is 0.244 e. The van der Waals surface area contributed by atoms with Crippen LogP contribution in [0.15, 0.2) is 48.5 Å². The van der Waals surface area contributed by atoms with Crippen molar-refractivity contribution in [1.29, 1.82) is 0 Å². The summed E-state index contributed by atoms with van der Waals surface area (Å²) in [6, 6.07) is 13.3. The molecular weight excluding hydrogens is 370 g/mol. The molecule has 0 aromatic heterocycles. The zero-order valence-corrected chi connectivity index (χ0v) is 16.4. The maximum atomic E-state index is 11.9. The molecule has 26 heavy (non-hydrogen) atoms. The van der Waals surface area contributed by atoms with E-state index in [0.29, 0.717) is 18.0 Å². The van der Waals surface area contributed by atoms with Gasteiger partial charge >= 0.3 is 0 Å². The normalized spacial score (nSPS) is 10.7. The van der Waals surface area contributed by atoms with Gasteiger partial charge in [0.2, 0.25) is 5.91 Å². The summed E-state index contributed by atoms with van der Waals surface area (Å²) in [5, 5.41) is 3.65. The first kappa shape index (κ1) is 20.2. The van der Waals surface area contributed by atoms with E-state index in [2.05, 4.69) is 5.32 Å². The van der Waals surface area contributed by atoms with E-state index < -0.39 is 0 Å². The standard InChI is InChI=1S/C20H22ClNO3S/c1-24-18-9-7-15(13-19(18)25-2)8-10-20(23)22-11-12-26-14-16-5-3-4-6-17(16)21/h3-10,13H,11-12,14H2,1-2H3,(H,22,23)/b10-8+. The minimum absolute atomic E-state index is 0.127. The lowest BCUT2D eigenvalue weighted by molar-refractivity contribution is -0.116. The Labute approximate surface area is 163 Å². The number of hydrogen-bond donors (Lipinski definition) is 1. The summed E-state index contributed by atoms with van der Waals surface area (Å²) < 4.78 is 10.4. The molecule has 0 saturated carbocycles. The first-order chi connectivity index (χ1) is 12.6. The average Bonchev–Trinajstić information content (AvgIpc) is 2.67. The van der Waals surface area contributed by atoms with Gasteiger partial charge in [-0.1, -0.05) is 35.9 Å². The molecule has 2 rings (SSSR count). The van der Waals surface area contributed by atoms with Gasteiger partial charge in [-0.15, -0.1) is 0 Å². The van der Waals surface area contributed by atoms with Crippen LogP contribution >= 0.6 is 23.4 Å². The van der Waals surface area contributed by atoms with E-state index in [1.54, 1.807) is 32.1 Å². The van der Waals surface area contributed by atoms with Gasteiger partial charge in [-0.25, -0.2) is 0 Å². The Hall–Kier alpha value is -2.11.